The molecule has 0 amide bonds. The lowest BCUT2D eigenvalue weighted by Gasteiger charge is -2.08. The van der Waals surface area contributed by atoms with E-state index in [1.807, 2.05) is 0 Å². The van der Waals surface area contributed by atoms with Crippen molar-refractivity contribution in [3.63, 3.8) is 0 Å². The zero-order valence-corrected chi connectivity index (χ0v) is 10.7. The number of nitrogens with zero attached hydrogens (tertiary/aromatic N) is 1. The predicted octanol–water partition coefficient (Wildman–Crippen LogP) is 2.92. The molecule has 0 aliphatic carbocycles. The van der Waals surface area contributed by atoms with Gasteiger partial charge in [-0.3, -0.25) is 4.79 Å². The predicted molar refractivity (Wildman–Crippen MR) is 64.7 cm³/mol. The lowest BCUT2D eigenvalue weighted by Crippen LogP contribution is -2.10. The van der Waals surface area contributed by atoms with Gasteiger partial charge in [0.05, 0.1) is 5.56 Å². The van der Waals surface area contributed by atoms with Crippen LogP contribution in [0, 0.1) is 0 Å². The molecule has 100 valence electrons. The van der Waals surface area contributed by atoms with Gasteiger partial charge in [-0.1, -0.05) is 12.1 Å². The van der Waals surface area contributed by atoms with Crippen LogP contribution >= 0.6 is 15.9 Å². The molecule has 2 aromatic rings. The minimum Gasteiger partial charge on any atom is -0.492 e. The Morgan fingerprint density at radius 2 is 2.00 bits per heavy atom. The number of alkyl halides is 3. The summed E-state index contributed by atoms with van der Waals surface area (Å²) in [6.07, 6.45) is -4.49. The Bertz CT molecular complexity index is 682. The van der Waals surface area contributed by atoms with Crippen LogP contribution < -0.4 is 5.56 Å². The number of benzene rings is 1. The summed E-state index contributed by atoms with van der Waals surface area (Å²) in [4.78, 5) is 17.3. The highest BCUT2D eigenvalue weighted by molar-refractivity contribution is 9.10. The minimum absolute atomic E-state index is 0.0507. The molecule has 0 fully saturated rings. The van der Waals surface area contributed by atoms with Crippen molar-refractivity contribution in [1.29, 1.82) is 0 Å². The van der Waals surface area contributed by atoms with Crippen LogP contribution in [-0.4, -0.2) is 15.1 Å². The van der Waals surface area contributed by atoms with Crippen molar-refractivity contribution in [2.24, 2.45) is 0 Å². The van der Waals surface area contributed by atoms with Crippen molar-refractivity contribution in [3.8, 4) is 17.3 Å². The van der Waals surface area contributed by atoms with E-state index in [1.54, 1.807) is 0 Å². The number of H-pyrrole nitrogens is 1. The highest BCUT2D eigenvalue weighted by atomic mass is 79.9. The van der Waals surface area contributed by atoms with Crippen LogP contribution in [-0.2, 0) is 6.18 Å². The summed E-state index contributed by atoms with van der Waals surface area (Å²) >= 11 is 2.80. The van der Waals surface area contributed by atoms with Crippen molar-refractivity contribution in [2.45, 2.75) is 6.18 Å². The van der Waals surface area contributed by atoms with Crippen molar-refractivity contribution in [1.82, 2.24) is 9.97 Å². The Hall–Kier alpha value is -1.83. The zero-order valence-electron chi connectivity index (χ0n) is 9.12. The molecule has 19 heavy (non-hydrogen) atoms. The summed E-state index contributed by atoms with van der Waals surface area (Å²) in [7, 11) is 0. The van der Waals surface area contributed by atoms with E-state index in [2.05, 4.69) is 25.9 Å². The summed E-state index contributed by atoms with van der Waals surface area (Å²) in [6.45, 7) is 0. The summed E-state index contributed by atoms with van der Waals surface area (Å²) in [5.74, 6) is -0.729. The van der Waals surface area contributed by atoms with E-state index in [0.29, 0.717) is 0 Å². The number of aromatic hydroxyl groups is 1. The first-order chi connectivity index (χ1) is 8.79. The van der Waals surface area contributed by atoms with E-state index in [-0.39, 0.29) is 15.9 Å². The molecule has 2 N–H and O–H groups in total. The molecule has 1 aromatic heterocycles. The fourth-order valence-corrected chi connectivity index (χ4v) is 1.61. The Morgan fingerprint density at radius 1 is 1.32 bits per heavy atom. The molecule has 0 aliphatic heterocycles. The van der Waals surface area contributed by atoms with E-state index in [0.717, 1.165) is 12.1 Å². The third kappa shape index (κ3) is 2.78. The van der Waals surface area contributed by atoms with E-state index >= 15 is 0 Å². The van der Waals surface area contributed by atoms with Crippen LogP contribution in [0.1, 0.15) is 5.56 Å². The molecule has 4 nitrogen and oxygen atoms in total. The second-order valence-corrected chi connectivity index (χ2v) is 4.42. The van der Waals surface area contributed by atoms with Crippen LogP contribution in [0.3, 0.4) is 0 Å². The molecule has 0 saturated heterocycles. The van der Waals surface area contributed by atoms with Crippen molar-refractivity contribution in [3.05, 3.63) is 44.7 Å². The van der Waals surface area contributed by atoms with Crippen LogP contribution in [0.5, 0.6) is 5.88 Å². The maximum absolute atomic E-state index is 12.6. The highest BCUT2D eigenvalue weighted by Crippen LogP contribution is 2.31. The molecule has 1 heterocycles. The molecule has 8 heteroatoms. The summed E-state index contributed by atoms with van der Waals surface area (Å²) in [6, 6.07) is 4.28. The van der Waals surface area contributed by atoms with Crippen LogP contribution in [0.2, 0.25) is 0 Å². The van der Waals surface area contributed by atoms with Crippen LogP contribution in [0.25, 0.3) is 11.4 Å². The lowest BCUT2D eigenvalue weighted by molar-refractivity contribution is -0.137. The average Bonchev–Trinajstić information content (AvgIpc) is 2.34. The standard InChI is InChI=1S/C11H6BrF3N2O2/c12-7-9(18)16-8(17-10(7)19)5-2-1-3-6(4-5)11(13,14)15/h1-4H,(H2,16,17,18,19). The molecule has 0 spiro atoms. The van der Waals surface area contributed by atoms with Gasteiger partial charge in [0.15, 0.2) is 0 Å². The van der Waals surface area contributed by atoms with Gasteiger partial charge in [0.1, 0.15) is 10.3 Å². The fourth-order valence-electron chi connectivity index (χ4n) is 1.43. The molecule has 0 aliphatic rings. The zero-order chi connectivity index (χ0) is 14.2. The number of hydrogen-bond donors (Lipinski definition) is 2. The van der Waals surface area contributed by atoms with Crippen molar-refractivity contribution >= 4 is 15.9 Å². The molecule has 0 atom stereocenters. The van der Waals surface area contributed by atoms with E-state index < -0.39 is 23.2 Å². The Balaban J connectivity index is 2.57. The number of rotatable bonds is 1. The van der Waals surface area contributed by atoms with E-state index in [1.165, 1.54) is 12.1 Å². The van der Waals surface area contributed by atoms with Crippen LogP contribution in [0.4, 0.5) is 13.2 Å². The summed E-state index contributed by atoms with van der Waals surface area (Å²) in [5, 5.41) is 9.37. The maximum Gasteiger partial charge on any atom is 0.416 e. The highest BCUT2D eigenvalue weighted by Gasteiger charge is 2.30. The molecule has 0 bridgehead atoms. The Labute approximate surface area is 113 Å². The van der Waals surface area contributed by atoms with E-state index in [9.17, 15) is 23.1 Å². The third-order valence-corrected chi connectivity index (χ3v) is 3.02. The van der Waals surface area contributed by atoms with Gasteiger partial charge in [0, 0.05) is 5.56 Å². The molecular formula is C11H6BrF3N2O2. The largest absolute Gasteiger partial charge is 0.492 e. The third-order valence-electron chi connectivity index (χ3n) is 2.31. The van der Waals surface area contributed by atoms with Gasteiger partial charge in [0.25, 0.3) is 5.56 Å². The van der Waals surface area contributed by atoms with E-state index in [4.69, 9.17) is 0 Å². The quantitative estimate of drug-likeness (QED) is 0.842. The van der Waals surface area contributed by atoms with Gasteiger partial charge in [-0.2, -0.15) is 18.2 Å². The van der Waals surface area contributed by atoms with Crippen molar-refractivity contribution in [2.75, 3.05) is 0 Å². The monoisotopic (exact) mass is 334 g/mol. The first-order valence-corrected chi connectivity index (χ1v) is 5.75. The molecule has 2 rings (SSSR count). The first-order valence-electron chi connectivity index (χ1n) is 4.95. The second kappa shape index (κ2) is 4.69. The van der Waals surface area contributed by atoms with Gasteiger partial charge in [-0.05, 0) is 28.1 Å². The number of nitrogens with one attached hydrogen (secondary N) is 1. The lowest BCUT2D eigenvalue weighted by atomic mass is 10.1. The fraction of sp³-hybridized carbons (Fsp3) is 0.0909. The molecular weight excluding hydrogens is 329 g/mol. The second-order valence-electron chi connectivity index (χ2n) is 3.63. The van der Waals surface area contributed by atoms with Gasteiger partial charge >= 0.3 is 6.18 Å². The van der Waals surface area contributed by atoms with Crippen LogP contribution in [0.15, 0.2) is 33.5 Å². The molecule has 0 saturated carbocycles. The summed E-state index contributed by atoms with van der Waals surface area (Å²) in [5.41, 5.74) is -1.50. The van der Waals surface area contributed by atoms with Crippen molar-refractivity contribution < 1.29 is 18.3 Å². The first kappa shape index (κ1) is 13.6. The minimum atomic E-state index is -4.49. The van der Waals surface area contributed by atoms with Gasteiger partial charge in [0.2, 0.25) is 5.88 Å². The Kier molecular flexibility index (Phi) is 3.36. The summed E-state index contributed by atoms with van der Waals surface area (Å²) < 4.78 is 37.5. The number of hydrogen-bond acceptors (Lipinski definition) is 3. The number of aromatic amines is 1. The number of halogens is 4. The SMILES string of the molecule is O=c1[nH]c(-c2cccc(C(F)(F)F)c2)nc(O)c1Br. The normalized spacial score (nSPS) is 11.6. The van der Waals surface area contributed by atoms with Gasteiger partial charge in [-0.25, -0.2) is 0 Å². The van der Waals surface area contributed by atoms with Gasteiger partial charge < -0.3 is 10.1 Å². The topological polar surface area (TPSA) is 66.0 Å². The smallest absolute Gasteiger partial charge is 0.416 e. The van der Waals surface area contributed by atoms with Gasteiger partial charge in [-0.15, -0.1) is 0 Å². The number of aromatic nitrogens is 2. The average molecular weight is 335 g/mol. The molecule has 0 radical (unpaired) electrons. The maximum atomic E-state index is 12.6. The molecule has 1 aromatic carbocycles. The molecule has 0 unspecified atom stereocenters. The Morgan fingerprint density at radius 3 is 2.58 bits per heavy atom.